The van der Waals surface area contributed by atoms with E-state index in [9.17, 15) is 13.2 Å². The topological polar surface area (TPSA) is 9.23 Å². The summed E-state index contributed by atoms with van der Waals surface area (Å²) in [4.78, 5) is 0. The molecule has 0 bridgehead atoms. The molecule has 0 saturated carbocycles. The number of benzene rings is 1. The standard InChI is InChI=1S/C15H19F3O/c1-11(9-10-14(2,3)4)12-5-7-13(8-6-12)19-15(16,17)18/h5-9H,10H2,1-4H3/b11-9+. The lowest BCUT2D eigenvalue weighted by molar-refractivity contribution is -0.274. The van der Waals surface area contributed by atoms with E-state index in [2.05, 4.69) is 31.6 Å². The summed E-state index contributed by atoms with van der Waals surface area (Å²) >= 11 is 0. The van der Waals surface area contributed by atoms with Gasteiger partial charge in [0.15, 0.2) is 0 Å². The SMILES string of the molecule is C/C(=C\CC(C)(C)C)c1ccc(OC(F)(F)F)cc1. The zero-order valence-electron chi connectivity index (χ0n) is 11.6. The van der Waals surface area contributed by atoms with Gasteiger partial charge >= 0.3 is 6.36 Å². The fraction of sp³-hybridized carbons (Fsp3) is 0.467. The Morgan fingerprint density at radius 3 is 2.05 bits per heavy atom. The van der Waals surface area contributed by atoms with Crippen molar-refractivity contribution in [3.63, 3.8) is 0 Å². The lowest BCUT2D eigenvalue weighted by Crippen LogP contribution is -2.16. The molecule has 0 aliphatic carbocycles. The van der Waals surface area contributed by atoms with E-state index in [0.717, 1.165) is 17.6 Å². The maximum absolute atomic E-state index is 12.0. The van der Waals surface area contributed by atoms with Crippen molar-refractivity contribution >= 4 is 5.57 Å². The molecule has 0 aromatic heterocycles. The monoisotopic (exact) mass is 272 g/mol. The molecule has 0 heterocycles. The fourth-order valence-electron chi connectivity index (χ4n) is 1.50. The van der Waals surface area contributed by atoms with Crippen LogP contribution in [0.5, 0.6) is 5.75 Å². The summed E-state index contributed by atoms with van der Waals surface area (Å²) in [6.07, 6.45) is -1.63. The van der Waals surface area contributed by atoms with E-state index in [1.54, 1.807) is 12.1 Å². The molecule has 1 rings (SSSR count). The number of hydrogen-bond acceptors (Lipinski definition) is 1. The van der Waals surface area contributed by atoms with Crippen molar-refractivity contribution in [1.82, 2.24) is 0 Å². The Labute approximate surface area is 112 Å². The number of halogens is 3. The average Bonchev–Trinajstić information content (AvgIpc) is 2.23. The summed E-state index contributed by atoms with van der Waals surface area (Å²) in [5.74, 6) is -0.195. The van der Waals surface area contributed by atoms with E-state index in [1.165, 1.54) is 12.1 Å². The van der Waals surface area contributed by atoms with Crippen molar-refractivity contribution in [1.29, 1.82) is 0 Å². The van der Waals surface area contributed by atoms with Gasteiger partial charge in [-0.2, -0.15) is 0 Å². The number of allylic oxidation sites excluding steroid dienone is 2. The van der Waals surface area contributed by atoms with Gasteiger partial charge in [-0.25, -0.2) is 0 Å². The maximum Gasteiger partial charge on any atom is 0.573 e. The second-order valence-electron chi connectivity index (χ2n) is 5.72. The summed E-state index contributed by atoms with van der Waals surface area (Å²) in [6, 6.07) is 5.93. The zero-order chi connectivity index (χ0) is 14.7. The molecule has 19 heavy (non-hydrogen) atoms. The Morgan fingerprint density at radius 1 is 1.11 bits per heavy atom. The quantitative estimate of drug-likeness (QED) is 0.713. The van der Waals surface area contributed by atoms with Crippen LogP contribution in [0.1, 0.15) is 39.7 Å². The van der Waals surface area contributed by atoms with Crippen molar-refractivity contribution in [3.05, 3.63) is 35.9 Å². The molecule has 0 saturated heterocycles. The van der Waals surface area contributed by atoms with Crippen molar-refractivity contribution in [3.8, 4) is 5.75 Å². The predicted octanol–water partition coefficient (Wildman–Crippen LogP) is 5.42. The molecule has 0 spiro atoms. The van der Waals surface area contributed by atoms with Crippen molar-refractivity contribution < 1.29 is 17.9 Å². The van der Waals surface area contributed by atoms with Gasteiger partial charge in [0.1, 0.15) is 5.75 Å². The Morgan fingerprint density at radius 2 is 1.63 bits per heavy atom. The third-order valence-electron chi connectivity index (χ3n) is 2.56. The fourth-order valence-corrected chi connectivity index (χ4v) is 1.50. The van der Waals surface area contributed by atoms with Gasteiger partial charge in [-0.05, 0) is 42.0 Å². The first-order valence-corrected chi connectivity index (χ1v) is 6.10. The minimum absolute atomic E-state index is 0.195. The van der Waals surface area contributed by atoms with Gasteiger partial charge in [-0.3, -0.25) is 0 Å². The maximum atomic E-state index is 12.0. The van der Waals surface area contributed by atoms with Gasteiger partial charge in [0, 0.05) is 0 Å². The van der Waals surface area contributed by atoms with Crippen molar-refractivity contribution in [2.24, 2.45) is 5.41 Å². The molecule has 106 valence electrons. The van der Waals surface area contributed by atoms with Gasteiger partial charge in [0.25, 0.3) is 0 Å². The Bertz CT molecular complexity index is 436. The van der Waals surface area contributed by atoms with E-state index >= 15 is 0 Å². The molecule has 0 aliphatic rings. The third-order valence-corrected chi connectivity index (χ3v) is 2.56. The van der Waals surface area contributed by atoms with Crippen molar-refractivity contribution in [2.45, 2.75) is 40.5 Å². The van der Waals surface area contributed by atoms with Crippen LogP contribution < -0.4 is 4.74 Å². The molecular weight excluding hydrogens is 253 g/mol. The van der Waals surface area contributed by atoms with Gasteiger partial charge in [-0.15, -0.1) is 13.2 Å². The molecule has 0 radical (unpaired) electrons. The summed E-state index contributed by atoms with van der Waals surface area (Å²) < 4.78 is 39.9. The highest BCUT2D eigenvalue weighted by Gasteiger charge is 2.30. The highest BCUT2D eigenvalue weighted by molar-refractivity contribution is 5.64. The van der Waals surface area contributed by atoms with Crippen LogP contribution in [0.15, 0.2) is 30.3 Å². The Kier molecular flexibility index (Phi) is 4.66. The molecule has 0 atom stereocenters. The minimum Gasteiger partial charge on any atom is -0.406 e. The third kappa shape index (κ3) is 6.32. The van der Waals surface area contributed by atoms with Gasteiger partial charge in [-0.1, -0.05) is 39.0 Å². The largest absolute Gasteiger partial charge is 0.573 e. The minimum atomic E-state index is -4.64. The van der Waals surface area contributed by atoms with E-state index in [1.807, 2.05) is 6.92 Å². The van der Waals surface area contributed by atoms with Gasteiger partial charge in [0.2, 0.25) is 0 Å². The predicted molar refractivity (Wildman–Crippen MR) is 70.8 cm³/mol. The highest BCUT2D eigenvalue weighted by atomic mass is 19.4. The van der Waals surface area contributed by atoms with Crippen LogP contribution in [-0.2, 0) is 0 Å². The molecule has 0 aliphatic heterocycles. The first kappa shape index (κ1) is 15.6. The van der Waals surface area contributed by atoms with Crippen LogP contribution >= 0.6 is 0 Å². The zero-order valence-corrected chi connectivity index (χ0v) is 11.6. The normalized spacial score (nSPS) is 13.5. The van der Waals surface area contributed by atoms with Crippen LogP contribution in [0.25, 0.3) is 5.57 Å². The summed E-state index contributed by atoms with van der Waals surface area (Å²) in [5, 5.41) is 0. The van der Waals surface area contributed by atoms with Crippen LogP contribution in [-0.4, -0.2) is 6.36 Å². The lowest BCUT2D eigenvalue weighted by Gasteiger charge is -2.16. The average molecular weight is 272 g/mol. The van der Waals surface area contributed by atoms with E-state index in [-0.39, 0.29) is 11.2 Å². The molecule has 4 heteroatoms. The number of rotatable bonds is 3. The van der Waals surface area contributed by atoms with Crippen molar-refractivity contribution in [2.75, 3.05) is 0 Å². The number of hydrogen-bond donors (Lipinski definition) is 0. The smallest absolute Gasteiger partial charge is 0.406 e. The molecule has 0 unspecified atom stereocenters. The Balaban J connectivity index is 2.76. The second kappa shape index (κ2) is 5.68. The first-order chi connectivity index (χ1) is 8.57. The summed E-state index contributed by atoms with van der Waals surface area (Å²) in [5.41, 5.74) is 2.15. The van der Waals surface area contributed by atoms with Crippen LogP contribution in [0.4, 0.5) is 13.2 Å². The highest BCUT2D eigenvalue weighted by Crippen LogP contribution is 2.26. The summed E-state index contributed by atoms with van der Waals surface area (Å²) in [7, 11) is 0. The molecular formula is C15H19F3O. The lowest BCUT2D eigenvalue weighted by atomic mass is 9.90. The first-order valence-electron chi connectivity index (χ1n) is 6.10. The molecule has 1 aromatic rings. The van der Waals surface area contributed by atoms with Crippen LogP contribution in [0.2, 0.25) is 0 Å². The van der Waals surface area contributed by atoms with Crippen LogP contribution in [0, 0.1) is 5.41 Å². The van der Waals surface area contributed by atoms with E-state index in [0.29, 0.717) is 0 Å². The van der Waals surface area contributed by atoms with Gasteiger partial charge < -0.3 is 4.74 Å². The molecule has 1 aromatic carbocycles. The molecule has 0 amide bonds. The second-order valence-corrected chi connectivity index (χ2v) is 5.72. The van der Waals surface area contributed by atoms with E-state index < -0.39 is 6.36 Å². The molecule has 1 nitrogen and oxygen atoms in total. The van der Waals surface area contributed by atoms with E-state index in [4.69, 9.17) is 0 Å². The summed E-state index contributed by atoms with van der Waals surface area (Å²) in [6.45, 7) is 8.36. The van der Waals surface area contributed by atoms with Crippen LogP contribution in [0.3, 0.4) is 0 Å². The molecule has 0 fully saturated rings. The van der Waals surface area contributed by atoms with Gasteiger partial charge in [0.05, 0.1) is 0 Å². The number of alkyl halides is 3. The number of ether oxygens (including phenoxy) is 1. The molecule has 0 N–H and O–H groups in total. The Hall–Kier alpha value is -1.45.